The van der Waals surface area contributed by atoms with Crippen LogP contribution in [0.1, 0.15) is 70.1 Å². The minimum Gasteiger partial charge on any atom is -0.446 e. The summed E-state index contributed by atoms with van der Waals surface area (Å²) in [5.74, 6) is -0.875. The van der Waals surface area contributed by atoms with Gasteiger partial charge < -0.3 is 15.0 Å². The Kier molecular flexibility index (Phi) is 8.99. The second-order valence-corrected chi connectivity index (χ2v) is 12.2. The molecule has 0 spiro atoms. The zero-order valence-electron chi connectivity index (χ0n) is 25.3. The number of benzene rings is 1. The molecule has 2 saturated carbocycles. The highest BCUT2D eigenvalue weighted by atomic mass is 16.6. The molecule has 0 unspecified atom stereocenters. The molecule has 5 rings (SSSR count). The number of rotatable bonds is 5. The van der Waals surface area contributed by atoms with E-state index in [2.05, 4.69) is 36.6 Å². The predicted molar refractivity (Wildman–Crippen MR) is 164 cm³/mol. The summed E-state index contributed by atoms with van der Waals surface area (Å²) in [6, 6.07) is 11.7. The number of pyridine rings is 1. The first-order valence-corrected chi connectivity index (χ1v) is 15.5. The third-order valence-electron chi connectivity index (χ3n) is 9.30. The van der Waals surface area contributed by atoms with Crippen molar-refractivity contribution < 1.29 is 19.1 Å². The molecule has 0 bridgehead atoms. The Morgan fingerprint density at radius 3 is 2.74 bits per heavy atom. The zero-order valence-corrected chi connectivity index (χ0v) is 25.3. The molecular formula is C34H44N4O4. The predicted octanol–water partition coefficient (Wildman–Crippen LogP) is 6.05. The molecule has 8 nitrogen and oxygen atoms in total. The van der Waals surface area contributed by atoms with Crippen LogP contribution in [0.4, 0.5) is 10.5 Å². The number of allylic oxidation sites excluding steroid dienone is 1. The van der Waals surface area contributed by atoms with Gasteiger partial charge in [0.05, 0.1) is 23.2 Å². The first-order chi connectivity index (χ1) is 20.2. The van der Waals surface area contributed by atoms with E-state index in [1.54, 1.807) is 4.90 Å². The van der Waals surface area contributed by atoms with Crippen molar-refractivity contribution in [2.24, 2.45) is 17.8 Å². The molecule has 1 aromatic carbocycles. The molecule has 8 heteroatoms. The third kappa shape index (κ3) is 6.53. The van der Waals surface area contributed by atoms with E-state index < -0.39 is 24.0 Å². The van der Waals surface area contributed by atoms with Crippen molar-refractivity contribution in [1.82, 2.24) is 15.2 Å². The van der Waals surface area contributed by atoms with E-state index in [4.69, 9.17) is 9.72 Å². The topological polar surface area (TPSA) is 101 Å². The normalized spacial score (nSPS) is 28.6. The molecule has 3 aliphatic rings. The quantitative estimate of drug-likeness (QED) is 0.425. The number of aromatic nitrogens is 1. The van der Waals surface area contributed by atoms with E-state index >= 15 is 0 Å². The molecule has 0 saturated heterocycles. The van der Waals surface area contributed by atoms with Crippen molar-refractivity contribution in [3.8, 4) is 11.3 Å². The molecule has 224 valence electrons. The monoisotopic (exact) mass is 572 g/mol. The number of carbonyl (C=O) groups is 3. The molecule has 2 heterocycles. The molecular weight excluding hydrogens is 528 g/mol. The van der Waals surface area contributed by atoms with Gasteiger partial charge in [0.1, 0.15) is 6.10 Å². The average Bonchev–Trinajstić information content (AvgIpc) is 3.49. The van der Waals surface area contributed by atoms with Crippen molar-refractivity contribution in [3.05, 3.63) is 59.8 Å². The van der Waals surface area contributed by atoms with Gasteiger partial charge in [-0.3, -0.25) is 19.9 Å². The number of amides is 3. The van der Waals surface area contributed by atoms with Crippen LogP contribution >= 0.6 is 0 Å². The van der Waals surface area contributed by atoms with Crippen LogP contribution in [0.25, 0.3) is 11.3 Å². The van der Waals surface area contributed by atoms with Crippen LogP contribution in [0.15, 0.2) is 48.6 Å². The number of carbonyl (C=O) groups excluding carboxylic acids is 3. The number of anilines is 1. The molecule has 2 N–H and O–H groups in total. The lowest BCUT2D eigenvalue weighted by Gasteiger charge is -2.26. The van der Waals surface area contributed by atoms with Crippen LogP contribution in [0, 0.1) is 24.7 Å². The highest BCUT2D eigenvalue weighted by Gasteiger charge is 2.54. The number of nitrogens with zero attached hydrogens (tertiary/aromatic N) is 2. The molecule has 3 amide bonds. The van der Waals surface area contributed by atoms with E-state index in [1.165, 1.54) is 0 Å². The number of aryl methyl sites for hydroxylation is 2. The minimum atomic E-state index is -0.595. The lowest BCUT2D eigenvalue weighted by atomic mass is 9.92. The number of ether oxygens (including phenoxy) is 1. The summed E-state index contributed by atoms with van der Waals surface area (Å²) in [7, 11) is 1.81. The zero-order chi connectivity index (χ0) is 29.9. The van der Waals surface area contributed by atoms with Crippen LogP contribution in [-0.4, -0.2) is 53.0 Å². The summed E-state index contributed by atoms with van der Waals surface area (Å²) in [5, 5.41) is 6.23. The number of fused-ring (bicyclic) bond motifs is 2. The Balaban J connectivity index is 1.32. The fourth-order valence-electron chi connectivity index (χ4n) is 6.58. The second-order valence-electron chi connectivity index (χ2n) is 12.2. The van der Waals surface area contributed by atoms with Crippen LogP contribution in [0.2, 0.25) is 0 Å². The fourth-order valence-corrected chi connectivity index (χ4v) is 6.58. The minimum absolute atomic E-state index is 0.0463. The summed E-state index contributed by atoms with van der Waals surface area (Å²) in [5.41, 5.74) is 3.92. The van der Waals surface area contributed by atoms with Crippen LogP contribution in [0.5, 0.6) is 0 Å². The van der Waals surface area contributed by atoms with Gasteiger partial charge in [0, 0.05) is 36.3 Å². The van der Waals surface area contributed by atoms with Gasteiger partial charge in [0.15, 0.2) is 0 Å². The van der Waals surface area contributed by atoms with E-state index in [0.29, 0.717) is 31.0 Å². The lowest BCUT2D eigenvalue weighted by molar-refractivity contribution is -0.140. The Labute approximate surface area is 249 Å². The van der Waals surface area contributed by atoms with Gasteiger partial charge in [-0.2, -0.15) is 0 Å². The summed E-state index contributed by atoms with van der Waals surface area (Å²) >= 11 is 0. The first-order valence-electron chi connectivity index (χ1n) is 15.5. The van der Waals surface area contributed by atoms with Gasteiger partial charge in [-0.25, -0.2) is 4.79 Å². The van der Waals surface area contributed by atoms with Gasteiger partial charge in [-0.05, 0) is 82.1 Å². The smallest absolute Gasteiger partial charge is 0.411 e. The Morgan fingerprint density at radius 1 is 1.14 bits per heavy atom. The number of hydrogen-bond acceptors (Lipinski definition) is 5. The molecule has 2 aliphatic carbocycles. The van der Waals surface area contributed by atoms with E-state index in [0.717, 1.165) is 61.0 Å². The molecule has 42 heavy (non-hydrogen) atoms. The van der Waals surface area contributed by atoms with E-state index in [9.17, 15) is 14.4 Å². The molecule has 1 aliphatic heterocycles. The van der Waals surface area contributed by atoms with E-state index in [-0.39, 0.29) is 17.4 Å². The average molecular weight is 573 g/mol. The van der Waals surface area contributed by atoms with E-state index in [1.807, 2.05) is 50.4 Å². The van der Waals surface area contributed by atoms with Crippen molar-refractivity contribution in [2.75, 3.05) is 18.9 Å². The maximum Gasteiger partial charge on any atom is 0.411 e. The summed E-state index contributed by atoms with van der Waals surface area (Å²) < 4.78 is 5.90. The first kappa shape index (κ1) is 29.8. The highest BCUT2D eigenvalue weighted by Crippen LogP contribution is 2.48. The van der Waals surface area contributed by atoms with Gasteiger partial charge in [0.2, 0.25) is 11.8 Å². The molecule has 0 radical (unpaired) electrons. The maximum atomic E-state index is 13.7. The molecule has 2 aromatic rings. The van der Waals surface area contributed by atoms with Crippen LogP contribution < -0.4 is 10.6 Å². The van der Waals surface area contributed by atoms with Crippen LogP contribution in [-0.2, 0) is 20.7 Å². The number of nitrogens with one attached hydrogen (secondary N) is 2. The Morgan fingerprint density at radius 2 is 1.95 bits per heavy atom. The standard InChI is InChI=1S/C34H44N4O4/c1-5-24-13-11-14-29(35-24)26-16-15-22(3)18-30(26)36-33(41)42-25-19-27-28(20-25)32(40)38(4)17-10-8-7-9-12-23-21-34(23,6-2)37-31(27)39/h9,11-16,18,23,25,27-28H,5-8,10,17,19-21H2,1-4H3,(H,36,41)(H,37,39)/b12-9-/t23-,25-,27-,28-,34-/m1/s1. The van der Waals surface area contributed by atoms with Crippen molar-refractivity contribution in [1.29, 1.82) is 0 Å². The summed E-state index contributed by atoms with van der Waals surface area (Å²) in [6.07, 6.45) is 9.48. The fraction of sp³-hybridized carbons (Fsp3) is 0.529. The van der Waals surface area contributed by atoms with Crippen molar-refractivity contribution in [3.63, 3.8) is 0 Å². The third-order valence-corrected chi connectivity index (χ3v) is 9.30. The Bertz CT molecular complexity index is 1360. The molecule has 1 aromatic heterocycles. The van der Waals surface area contributed by atoms with Gasteiger partial charge in [0.25, 0.3) is 0 Å². The molecule has 2 fully saturated rings. The van der Waals surface area contributed by atoms with Gasteiger partial charge >= 0.3 is 6.09 Å². The van der Waals surface area contributed by atoms with Crippen molar-refractivity contribution >= 4 is 23.6 Å². The number of hydrogen-bond donors (Lipinski definition) is 2. The van der Waals surface area contributed by atoms with Gasteiger partial charge in [-0.1, -0.05) is 44.2 Å². The Hall–Kier alpha value is -3.68. The summed E-state index contributed by atoms with van der Waals surface area (Å²) in [6.45, 7) is 6.77. The second kappa shape index (κ2) is 12.7. The maximum absolute atomic E-state index is 13.7. The highest BCUT2D eigenvalue weighted by molar-refractivity contribution is 5.92. The largest absolute Gasteiger partial charge is 0.446 e. The summed E-state index contributed by atoms with van der Waals surface area (Å²) in [4.78, 5) is 46.9. The van der Waals surface area contributed by atoms with Crippen LogP contribution in [0.3, 0.4) is 0 Å². The molecule has 5 atom stereocenters. The van der Waals surface area contributed by atoms with Gasteiger partial charge in [-0.15, -0.1) is 0 Å². The van der Waals surface area contributed by atoms with Crippen molar-refractivity contribution in [2.45, 2.75) is 83.8 Å². The lowest BCUT2D eigenvalue weighted by Crippen LogP contribution is -2.45. The SMILES string of the molecule is CCc1cccc(-c2ccc(C)cc2NC(=O)O[C@@H]2C[C@H]3C(=O)N[C@]4(CC)C[C@H]4/C=C\CCCCN(C)C(=O)[C@@H]3C2)n1.